The number of benzene rings is 2. The number of carbonyl (C=O) groups is 1. The van der Waals surface area contributed by atoms with E-state index in [1.165, 1.54) is 4.90 Å². The summed E-state index contributed by atoms with van der Waals surface area (Å²) >= 11 is 1.73. The van der Waals surface area contributed by atoms with Crippen LogP contribution in [-0.4, -0.2) is 24.8 Å². The Morgan fingerprint density at radius 2 is 1.91 bits per heavy atom. The van der Waals surface area contributed by atoms with Gasteiger partial charge in [0.15, 0.2) is 6.61 Å². The number of amides is 1. The molecule has 0 atom stereocenters. The van der Waals surface area contributed by atoms with Crippen molar-refractivity contribution >= 4 is 17.7 Å². The van der Waals surface area contributed by atoms with E-state index in [2.05, 4.69) is 17.4 Å². The fourth-order valence-electron chi connectivity index (χ4n) is 1.93. The highest BCUT2D eigenvalue weighted by Crippen LogP contribution is 2.19. The van der Waals surface area contributed by atoms with Crippen LogP contribution in [-0.2, 0) is 4.79 Å². The SMILES string of the molecule is Cc1ccc(C)c(OCC(=O)NCCSc2ccccc2)c1. The lowest BCUT2D eigenvalue weighted by molar-refractivity contribution is -0.122. The third kappa shape index (κ3) is 5.45. The van der Waals surface area contributed by atoms with Gasteiger partial charge in [-0.25, -0.2) is 0 Å². The summed E-state index contributed by atoms with van der Waals surface area (Å²) in [5, 5.41) is 2.87. The Bertz CT molecular complexity index is 614. The number of hydrogen-bond donors (Lipinski definition) is 1. The summed E-state index contributed by atoms with van der Waals surface area (Å²) in [7, 11) is 0. The van der Waals surface area contributed by atoms with Crippen molar-refractivity contribution in [1.82, 2.24) is 5.32 Å². The summed E-state index contributed by atoms with van der Waals surface area (Å²) in [5.74, 6) is 1.53. The van der Waals surface area contributed by atoms with E-state index in [4.69, 9.17) is 4.74 Å². The van der Waals surface area contributed by atoms with E-state index in [0.29, 0.717) is 6.54 Å². The van der Waals surface area contributed by atoms with E-state index in [9.17, 15) is 4.79 Å². The molecule has 3 nitrogen and oxygen atoms in total. The van der Waals surface area contributed by atoms with Crippen molar-refractivity contribution in [2.24, 2.45) is 0 Å². The molecule has 0 aromatic heterocycles. The Balaban J connectivity index is 1.67. The molecule has 0 radical (unpaired) electrons. The van der Waals surface area contributed by atoms with Crippen molar-refractivity contribution in [2.75, 3.05) is 18.9 Å². The molecule has 0 saturated heterocycles. The van der Waals surface area contributed by atoms with Gasteiger partial charge in [-0.2, -0.15) is 0 Å². The molecule has 0 spiro atoms. The van der Waals surface area contributed by atoms with Crippen molar-refractivity contribution in [3.05, 3.63) is 59.7 Å². The molecule has 0 heterocycles. The molecule has 0 bridgehead atoms. The minimum Gasteiger partial charge on any atom is -0.483 e. The van der Waals surface area contributed by atoms with E-state index in [-0.39, 0.29) is 12.5 Å². The first-order chi connectivity index (χ1) is 10.6. The minimum atomic E-state index is -0.0884. The van der Waals surface area contributed by atoms with Crippen molar-refractivity contribution in [3.8, 4) is 5.75 Å². The van der Waals surface area contributed by atoms with E-state index >= 15 is 0 Å². The van der Waals surface area contributed by atoms with E-state index in [1.54, 1.807) is 11.8 Å². The van der Waals surface area contributed by atoms with Crippen LogP contribution in [0.2, 0.25) is 0 Å². The maximum Gasteiger partial charge on any atom is 0.257 e. The second-order valence-electron chi connectivity index (χ2n) is 5.07. The quantitative estimate of drug-likeness (QED) is 0.627. The van der Waals surface area contributed by atoms with Crippen molar-refractivity contribution < 1.29 is 9.53 Å². The molecule has 0 aliphatic carbocycles. The molecule has 1 amide bonds. The maximum absolute atomic E-state index is 11.8. The molecule has 0 saturated carbocycles. The molecule has 0 aliphatic heterocycles. The lowest BCUT2D eigenvalue weighted by Gasteiger charge is -2.10. The largest absolute Gasteiger partial charge is 0.483 e. The molecule has 0 unspecified atom stereocenters. The number of ether oxygens (including phenoxy) is 1. The average molecular weight is 315 g/mol. The second kappa shape index (κ2) is 8.49. The zero-order valence-electron chi connectivity index (χ0n) is 13.0. The first kappa shape index (κ1) is 16.4. The third-order valence-corrected chi connectivity index (χ3v) is 4.15. The number of carbonyl (C=O) groups excluding carboxylic acids is 1. The van der Waals surface area contributed by atoms with Crippen LogP contribution in [0.5, 0.6) is 5.75 Å². The topological polar surface area (TPSA) is 38.3 Å². The molecule has 0 aliphatic rings. The Morgan fingerprint density at radius 3 is 2.68 bits per heavy atom. The first-order valence-corrected chi connectivity index (χ1v) is 8.28. The number of aryl methyl sites for hydroxylation is 2. The van der Waals surface area contributed by atoms with Crippen molar-refractivity contribution in [3.63, 3.8) is 0 Å². The molecule has 4 heteroatoms. The van der Waals surface area contributed by atoms with Gasteiger partial charge >= 0.3 is 0 Å². The summed E-state index contributed by atoms with van der Waals surface area (Å²) < 4.78 is 5.58. The molecular weight excluding hydrogens is 294 g/mol. The molecular formula is C18H21NO2S. The van der Waals surface area contributed by atoms with Gasteiger partial charge < -0.3 is 10.1 Å². The number of thioether (sulfide) groups is 1. The number of hydrogen-bond acceptors (Lipinski definition) is 3. The zero-order valence-corrected chi connectivity index (χ0v) is 13.8. The predicted molar refractivity (Wildman–Crippen MR) is 91.6 cm³/mol. The fourth-order valence-corrected chi connectivity index (χ4v) is 2.72. The van der Waals surface area contributed by atoms with Crippen LogP contribution < -0.4 is 10.1 Å². The van der Waals surface area contributed by atoms with Crippen LogP contribution in [0, 0.1) is 13.8 Å². The number of rotatable bonds is 7. The van der Waals surface area contributed by atoms with Crippen LogP contribution in [0.25, 0.3) is 0 Å². The molecule has 0 fully saturated rings. The lowest BCUT2D eigenvalue weighted by atomic mass is 10.1. The van der Waals surface area contributed by atoms with Gasteiger partial charge in [0.05, 0.1) is 0 Å². The molecule has 2 aromatic carbocycles. The van der Waals surface area contributed by atoms with Crippen molar-refractivity contribution in [1.29, 1.82) is 0 Å². The maximum atomic E-state index is 11.8. The van der Waals surface area contributed by atoms with Gasteiger partial charge in [0.1, 0.15) is 5.75 Å². The van der Waals surface area contributed by atoms with Gasteiger partial charge in [0.25, 0.3) is 5.91 Å². The Labute approximate surface area is 136 Å². The van der Waals surface area contributed by atoms with Gasteiger partial charge in [-0.1, -0.05) is 30.3 Å². The zero-order chi connectivity index (χ0) is 15.8. The molecule has 22 heavy (non-hydrogen) atoms. The molecule has 116 valence electrons. The van der Waals surface area contributed by atoms with Crippen molar-refractivity contribution in [2.45, 2.75) is 18.7 Å². The Morgan fingerprint density at radius 1 is 1.14 bits per heavy atom. The third-order valence-electron chi connectivity index (χ3n) is 3.14. The van der Waals surface area contributed by atoms with Crippen LogP contribution in [0.3, 0.4) is 0 Å². The fraction of sp³-hybridized carbons (Fsp3) is 0.278. The van der Waals surface area contributed by atoms with Crippen LogP contribution in [0.4, 0.5) is 0 Å². The lowest BCUT2D eigenvalue weighted by Crippen LogP contribution is -2.30. The second-order valence-corrected chi connectivity index (χ2v) is 6.24. The normalized spacial score (nSPS) is 10.3. The summed E-state index contributed by atoms with van der Waals surface area (Å²) in [6.07, 6.45) is 0. The van der Waals surface area contributed by atoms with Crippen LogP contribution in [0.15, 0.2) is 53.4 Å². The summed E-state index contributed by atoms with van der Waals surface area (Å²) in [6.45, 7) is 4.67. The van der Waals surface area contributed by atoms with Gasteiger partial charge in [0.2, 0.25) is 0 Å². The van der Waals surface area contributed by atoms with Crippen LogP contribution in [0.1, 0.15) is 11.1 Å². The highest BCUT2D eigenvalue weighted by molar-refractivity contribution is 7.99. The van der Waals surface area contributed by atoms with E-state index < -0.39 is 0 Å². The Kier molecular flexibility index (Phi) is 6.34. The highest BCUT2D eigenvalue weighted by Gasteiger charge is 2.05. The summed E-state index contributed by atoms with van der Waals surface area (Å²) in [4.78, 5) is 13.0. The number of nitrogens with one attached hydrogen (secondary N) is 1. The van der Waals surface area contributed by atoms with Crippen LogP contribution >= 0.6 is 11.8 Å². The summed E-state index contributed by atoms with van der Waals surface area (Å²) in [5.41, 5.74) is 2.17. The minimum absolute atomic E-state index is 0.0559. The first-order valence-electron chi connectivity index (χ1n) is 7.30. The average Bonchev–Trinajstić information content (AvgIpc) is 2.53. The van der Waals surface area contributed by atoms with Gasteiger partial charge in [-0.15, -0.1) is 11.8 Å². The Hall–Kier alpha value is -1.94. The van der Waals surface area contributed by atoms with E-state index in [0.717, 1.165) is 22.6 Å². The predicted octanol–water partition coefficient (Wildman–Crippen LogP) is 3.59. The van der Waals surface area contributed by atoms with Gasteiger partial charge in [-0.05, 0) is 43.2 Å². The van der Waals surface area contributed by atoms with Gasteiger partial charge in [0, 0.05) is 17.2 Å². The standard InChI is InChI=1S/C18H21NO2S/c1-14-8-9-15(2)17(12-14)21-13-18(20)19-10-11-22-16-6-4-3-5-7-16/h3-9,12H,10-11,13H2,1-2H3,(H,19,20). The molecule has 1 N–H and O–H groups in total. The summed E-state index contributed by atoms with van der Waals surface area (Å²) in [6, 6.07) is 16.1. The molecule has 2 rings (SSSR count). The van der Waals surface area contributed by atoms with Gasteiger partial charge in [-0.3, -0.25) is 4.79 Å². The monoisotopic (exact) mass is 315 g/mol. The smallest absolute Gasteiger partial charge is 0.257 e. The highest BCUT2D eigenvalue weighted by atomic mass is 32.2. The van der Waals surface area contributed by atoms with E-state index in [1.807, 2.05) is 50.2 Å². The molecule has 2 aromatic rings.